The van der Waals surface area contributed by atoms with Crippen LogP contribution in [0.15, 0.2) is 16.5 Å². The molecule has 7 heteroatoms. The van der Waals surface area contributed by atoms with E-state index in [9.17, 15) is 9.59 Å². The van der Waals surface area contributed by atoms with E-state index in [0.29, 0.717) is 18.8 Å². The fourth-order valence-electron chi connectivity index (χ4n) is 1.65. The molecule has 2 N–H and O–H groups in total. The van der Waals surface area contributed by atoms with Gasteiger partial charge in [-0.25, -0.2) is 9.59 Å². The van der Waals surface area contributed by atoms with Crippen LogP contribution < -0.4 is 10.6 Å². The summed E-state index contributed by atoms with van der Waals surface area (Å²) >= 11 is 0. The number of furan rings is 1. The Morgan fingerprint density at radius 2 is 2.00 bits per heavy atom. The summed E-state index contributed by atoms with van der Waals surface area (Å²) in [4.78, 5) is 22.8. The predicted molar refractivity (Wildman–Crippen MR) is 80.6 cm³/mol. The molecule has 0 aliphatic carbocycles. The Hall–Kier alpha value is -2.02. The minimum atomic E-state index is -0.518. The van der Waals surface area contributed by atoms with Crippen molar-refractivity contribution in [2.24, 2.45) is 0 Å². The van der Waals surface area contributed by atoms with Crippen molar-refractivity contribution in [1.82, 2.24) is 10.6 Å². The van der Waals surface area contributed by atoms with Gasteiger partial charge in [0.1, 0.15) is 11.4 Å². The number of carbonyl (C=O) groups excluding carboxylic acids is 2. The maximum Gasteiger partial charge on any atom is 0.407 e. The van der Waals surface area contributed by atoms with E-state index in [1.807, 2.05) is 27.7 Å². The molecular weight excluding hydrogens is 288 g/mol. The Morgan fingerprint density at radius 3 is 2.59 bits per heavy atom. The van der Waals surface area contributed by atoms with Crippen LogP contribution in [0.2, 0.25) is 0 Å². The highest BCUT2D eigenvalue weighted by Gasteiger charge is 2.17. The lowest BCUT2D eigenvalue weighted by molar-refractivity contribution is 0.0505. The van der Waals surface area contributed by atoms with Gasteiger partial charge in [-0.3, -0.25) is 0 Å². The third kappa shape index (κ3) is 6.62. The van der Waals surface area contributed by atoms with E-state index in [4.69, 9.17) is 9.15 Å². The van der Waals surface area contributed by atoms with Gasteiger partial charge in [0.15, 0.2) is 0 Å². The average molecular weight is 312 g/mol. The zero-order valence-electron chi connectivity index (χ0n) is 13.7. The number of amides is 1. The maximum atomic E-state index is 11.6. The van der Waals surface area contributed by atoms with E-state index in [-0.39, 0.29) is 11.8 Å². The molecule has 1 rings (SSSR count). The van der Waals surface area contributed by atoms with Gasteiger partial charge in [0.2, 0.25) is 5.76 Å². The van der Waals surface area contributed by atoms with Gasteiger partial charge in [0.05, 0.1) is 13.7 Å². The van der Waals surface area contributed by atoms with Crippen molar-refractivity contribution in [3.05, 3.63) is 23.7 Å². The van der Waals surface area contributed by atoms with Crippen molar-refractivity contribution in [2.45, 2.75) is 45.9 Å². The Kier molecular flexibility index (Phi) is 6.42. The Balaban J connectivity index is 2.30. The first-order valence-corrected chi connectivity index (χ1v) is 7.08. The first-order chi connectivity index (χ1) is 10.2. The van der Waals surface area contributed by atoms with Crippen molar-refractivity contribution in [1.29, 1.82) is 0 Å². The lowest BCUT2D eigenvalue weighted by Crippen LogP contribution is -2.42. The molecule has 0 spiro atoms. The molecule has 0 fully saturated rings. The van der Waals surface area contributed by atoms with Crippen LogP contribution in [0.1, 0.15) is 44.0 Å². The van der Waals surface area contributed by atoms with Crippen molar-refractivity contribution < 1.29 is 23.5 Å². The van der Waals surface area contributed by atoms with Crippen molar-refractivity contribution in [2.75, 3.05) is 13.7 Å². The van der Waals surface area contributed by atoms with Crippen LogP contribution >= 0.6 is 0 Å². The fraction of sp³-hybridized carbons (Fsp3) is 0.600. The normalized spacial score (nSPS) is 12.6. The van der Waals surface area contributed by atoms with Gasteiger partial charge in [0.25, 0.3) is 0 Å². The number of rotatable bonds is 6. The van der Waals surface area contributed by atoms with Gasteiger partial charge in [-0.2, -0.15) is 0 Å². The summed E-state index contributed by atoms with van der Waals surface area (Å²) < 4.78 is 15.0. The lowest BCUT2D eigenvalue weighted by Gasteiger charge is -2.22. The Morgan fingerprint density at radius 1 is 1.32 bits per heavy atom. The molecule has 1 atom stereocenters. The van der Waals surface area contributed by atoms with Gasteiger partial charge in [0, 0.05) is 12.6 Å². The second-order valence-corrected chi connectivity index (χ2v) is 5.94. The molecule has 0 aliphatic heterocycles. The molecule has 1 aromatic heterocycles. The van der Waals surface area contributed by atoms with Crippen LogP contribution in [0.25, 0.3) is 0 Å². The summed E-state index contributed by atoms with van der Waals surface area (Å²) in [5.74, 6) is 0.273. The molecule has 0 saturated carbocycles. The first kappa shape index (κ1) is 18.0. The molecule has 1 amide bonds. The molecule has 0 bridgehead atoms. The average Bonchev–Trinajstić information content (AvgIpc) is 2.84. The summed E-state index contributed by atoms with van der Waals surface area (Å²) in [6, 6.07) is 3.15. The Labute approximate surface area is 130 Å². The zero-order chi connectivity index (χ0) is 16.8. The number of alkyl carbamates (subject to hydrolysis) is 1. The van der Waals surface area contributed by atoms with Crippen LogP contribution in [-0.4, -0.2) is 37.4 Å². The van der Waals surface area contributed by atoms with Crippen LogP contribution in [-0.2, 0) is 16.0 Å². The van der Waals surface area contributed by atoms with Gasteiger partial charge in [-0.05, 0) is 39.8 Å². The number of hydrogen-bond acceptors (Lipinski definition) is 6. The Bertz CT molecular complexity index is 504. The van der Waals surface area contributed by atoms with Crippen LogP contribution in [0.4, 0.5) is 4.79 Å². The molecule has 1 heterocycles. The van der Waals surface area contributed by atoms with Crippen molar-refractivity contribution in [3.63, 3.8) is 0 Å². The lowest BCUT2D eigenvalue weighted by atomic mass is 10.2. The number of nitrogens with one attached hydrogen (secondary N) is 2. The molecule has 124 valence electrons. The van der Waals surface area contributed by atoms with E-state index in [2.05, 4.69) is 15.4 Å². The summed E-state index contributed by atoms with van der Waals surface area (Å²) in [6.07, 6.45) is -0.451. The number of carbonyl (C=O) groups is 2. The first-order valence-electron chi connectivity index (χ1n) is 7.08. The molecular formula is C15H24N2O5. The molecule has 1 unspecified atom stereocenters. The molecule has 0 saturated heterocycles. The fourth-order valence-corrected chi connectivity index (χ4v) is 1.65. The molecule has 1 aromatic rings. The van der Waals surface area contributed by atoms with E-state index >= 15 is 0 Å². The minimum Gasteiger partial charge on any atom is -0.463 e. The summed E-state index contributed by atoms with van der Waals surface area (Å²) in [6.45, 7) is 8.27. The standard InChI is InChI=1S/C15H24N2O5/c1-10(17-14(19)22-15(2,3)4)8-16-9-11-6-7-12(21-11)13(18)20-5/h6-7,10,16H,8-9H2,1-5H3,(H,17,19). The third-order valence-electron chi connectivity index (χ3n) is 2.56. The molecule has 22 heavy (non-hydrogen) atoms. The van der Waals surface area contributed by atoms with E-state index in [1.165, 1.54) is 7.11 Å². The van der Waals surface area contributed by atoms with E-state index in [0.717, 1.165) is 0 Å². The van der Waals surface area contributed by atoms with Crippen LogP contribution in [0.5, 0.6) is 0 Å². The van der Waals surface area contributed by atoms with Gasteiger partial charge in [-0.15, -0.1) is 0 Å². The quantitative estimate of drug-likeness (QED) is 0.782. The SMILES string of the molecule is COC(=O)c1ccc(CNCC(C)NC(=O)OC(C)(C)C)o1. The van der Waals surface area contributed by atoms with Gasteiger partial charge < -0.3 is 24.5 Å². The zero-order valence-corrected chi connectivity index (χ0v) is 13.7. The number of methoxy groups -OCH3 is 1. The van der Waals surface area contributed by atoms with E-state index in [1.54, 1.807) is 12.1 Å². The van der Waals surface area contributed by atoms with Gasteiger partial charge >= 0.3 is 12.1 Å². The number of ether oxygens (including phenoxy) is 2. The highest BCUT2D eigenvalue weighted by Crippen LogP contribution is 2.09. The van der Waals surface area contributed by atoms with Crippen LogP contribution in [0.3, 0.4) is 0 Å². The number of hydrogen-bond donors (Lipinski definition) is 2. The smallest absolute Gasteiger partial charge is 0.407 e. The van der Waals surface area contributed by atoms with Crippen molar-refractivity contribution in [3.8, 4) is 0 Å². The number of esters is 1. The monoisotopic (exact) mass is 312 g/mol. The minimum absolute atomic E-state index is 0.107. The summed E-state index contributed by atoms with van der Waals surface area (Å²) in [7, 11) is 1.30. The van der Waals surface area contributed by atoms with E-state index < -0.39 is 17.7 Å². The molecule has 0 radical (unpaired) electrons. The third-order valence-corrected chi connectivity index (χ3v) is 2.56. The predicted octanol–water partition coefficient (Wildman–Crippen LogP) is 2.07. The molecule has 0 aromatic carbocycles. The second-order valence-electron chi connectivity index (χ2n) is 5.94. The maximum absolute atomic E-state index is 11.6. The van der Waals surface area contributed by atoms with Crippen molar-refractivity contribution >= 4 is 12.1 Å². The highest BCUT2D eigenvalue weighted by molar-refractivity contribution is 5.86. The topological polar surface area (TPSA) is 89.8 Å². The summed E-state index contributed by atoms with van der Waals surface area (Å²) in [5.41, 5.74) is -0.518. The largest absolute Gasteiger partial charge is 0.463 e. The molecule has 0 aliphatic rings. The van der Waals surface area contributed by atoms with Gasteiger partial charge in [-0.1, -0.05) is 0 Å². The summed E-state index contributed by atoms with van der Waals surface area (Å²) in [5, 5.41) is 5.85. The van der Waals surface area contributed by atoms with Crippen LogP contribution in [0, 0.1) is 0 Å². The molecule has 7 nitrogen and oxygen atoms in total. The highest BCUT2D eigenvalue weighted by atomic mass is 16.6. The second kappa shape index (κ2) is 7.84.